The van der Waals surface area contributed by atoms with E-state index in [2.05, 4.69) is 15.2 Å². The Morgan fingerprint density at radius 2 is 2.05 bits per heavy atom. The zero-order valence-corrected chi connectivity index (χ0v) is 11.6. The molecule has 21 heavy (non-hydrogen) atoms. The van der Waals surface area contributed by atoms with E-state index in [1.807, 2.05) is 19.1 Å². The lowest BCUT2D eigenvalue weighted by Gasteiger charge is -2.07. The van der Waals surface area contributed by atoms with Gasteiger partial charge in [-0.15, -0.1) is 0 Å². The van der Waals surface area contributed by atoms with Crippen molar-refractivity contribution in [1.29, 1.82) is 0 Å². The Morgan fingerprint density at radius 3 is 2.81 bits per heavy atom. The van der Waals surface area contributed by atoms with Gasteiger partial charge in [-0.1, -0.05) is 12.1 Å². The third kappa shape index (κ3) is 2.43. The summed E-state index contributed by atoms with van der Waals surface area (Å²) >= 11 is 0. The number of pyridine rings is 1. The highest BCUT2D eigenvalue weighted by atomic mass is 19.1. The van der Waals surface area contributed by atoms with E-state index in [0.717, 1.165) is 22.5 Å². The first kappa shape index (κ1) is 13.5. The Kier molecular flexibility index (Phi) is 3.50. The van der Waals surface area contributed by atoms with Crippen LogP contribution in [0.25, 0.3) is 22.4 Å². The van der Waals surface area contributed by atoms with Crippen LogP contribution in [0.4, 0.5) is 4.39 Å². The second kappa shape index (κ2) is 5.46. The van der Waals surface area contributed by atoms with E-state index in [1.165, 1.54) is 6.07 Å². The average molecular weight is 282 g/mol. The van der Waals surface area contributed by atoms with Crippen molar-refractivity contribution in [2.24, 2.45) is 5.73 Å². The molecule has 3 rings (SSSR count). The molecule has 0 radical (unpaired) electrons. The Morgan fingerprint density at radius 1 is 1.24 bits per heavy atom. The van der Waals surface area contributed by atoms with Crippen LogP contribution in [0.3, 0.4) is 0 Å². The van der Waals surface area contributed by atoms with Crippen molar-refractivity contribution in [2.45, 2.75) is 13.5 Å². The molecule has 0 fully saturated rings. The van der Waals surface area contributed by atoms with E-state index in [9.17, 15) is 4.39 Å². The van der Waals surface area contributed by atoms with Crippen LogP contribution >= 0.6 is 0 Å². The van der Waals surface area contributed by atoms with Crippen LogP contribution < -0.4 is 5.73 Å². The lowest BCUT2D eigenvalue weighted by atomic mass is 9.99. The maximum atomic E-state index is 14.0. The van der Waals surface area contributed by atoms with Gasteiger partial charge < -0.3 is 5.73 Å². The van der Waals surface area contributed by atoms with Crippen LogP contribution in [0.15, 0.2) is 42.6 Å². The molecule has 0 spiro atoms. The molecule has 0 saturated carbocycles. The Labute approximate surface area is 121 Å². The first-order valence-electron chi connectivity index (χ1n) is 6.66. The van der Waals surface area contributed by atoms with Gasteiger partial charge in [-0.25, -0.2) is 4.39 Å². The maximum Gasteiger partial charge on any atom is 0.132 e. The summed E-state index contributed by atoms with van der Waals surface area (Å²) in [6.45, 7) is 2.25. The average Bonchev–Trinajstić information content (AvgIpc) is 2.89. The van der Waals surface area contributed by atoms with E-state index in [1.54, 1.807) is 24.4 Å². The first-order valence-corrected chi connectivity index (χ1v) is 6.66. The van der Waals surface area contributed by atoms with E-state index in [-0.39, 0.29) is 5.82 Å². The highest BCUT2D eigenvalue weighted by molar-refractivity contribution is 5.82. The summed E-state index contributed by atoms with van der Waals surface area (Å²) < 4.78 is 14.0. The van der Waals surface area contributed by atoms with Crippen LogP contribution in [-0.4, -0.2) is 15.2 Å². The topological polar surface area (TPSA) is 67.6 Å². The maximum absolute atomic E-state index is 14.0. The largest absolute Gasteiger partial charge is 0.325 e. The molecule has 2 heterocycles. The first-order chi connectivity index (χ1) is 10.2. The number of aromatic nitrogens is 3. The highest BCUT2D eigenvalue weighted by Gasteiger charge is 2.16. The fraction of sp³-hybridized carbons (Fsp3) is 0.125. The number of H-pyrrole nitrogens is 1. The molecule has 0 bridgehead atoms. The zero-order chi connectivity index (χ0) is 14.8. The molecule has 0 unspecified atom stereocenters. The summed E-state index contributed by atoms with van der Waals surface area (Å²) in [7, 11) is 0. The van der Waals surface area contributed by atoms with Crippen LogP contribution in [0, 0.1) is 12.7 Å². The SMILES string of the molecule is Cc1n[nH]c(-c2ccccc2F)c1-c1ccnc(CN)c1. The van der Waals surface area contributed by atoms with Gasteiger partial charge in [-0.2, -0.15) is 5.10 Å². The van der Waals surface area contributed by atoms with Crippen molar-refractivity contribution in [3.8, 4) is 22.4 Å². The standard InChI is InChI=1S/C16H15FN4/c1-10-15(11-6-7-19-12(8-11)9-18)16(21-20-10)13-4-2-3-5-14(13)17/h2-8H,9,18H2,1H3,(H,20,21). The smallest absolute Gasteiger partial charge is 0.132 e. The minimum Gasteiger partial charge on any atom is -0.325 e. The molecule has 3 N–H and O–H groups in total. The summed E-state index contributed by atoms with van der Waals surface area (Å²) in [5, 5.41) is 7.15. The van der Waals surface area contributed by atoms with E-state index < -0.39 is 0 Å². The molecule has 0 amide bonds. The van der Waals surface area contributed by atoms with Gasteiger partial charge in [0, 0.05) is 23.9 Å². The number of nitrogens with one attached hydrogen (secondary N) is 1. The molecule has 106 valence electrons. The van der Waals surface area contributed by atoms with Crippen molar-refractivity contribution in [3.63, 3.8) is 0 Å². The summed E-state index contributed by atoms with van der Waals surface area (Å²) in [5.74, 6) is -0.282. The molecule has 5 heteroatoms. The Bertz CT molecular complexity index is 779. The van der Waals surface area contributed by atoms with Crippen LogP contribution in [0.2, 0.25) is 0 Å². The monoisotopic (exact) mass is 282 g/mol. The molecule has 0 saturated heterocycles. The molecular formula is C16H15FN4. The molecular weight excluding hydrogens is 267 g/mol. The molecule has 0 aliphatic heterocycles. The second-order valence-electron chi connectivity index (χ2n) is 4.78. The number of hydrogen-bond donors (Lipinski definition) is 2. The van der Waals surface area contributed by atoms with Gasteiger partial charge in [0.25, 0.3) is 0 Å². The van der Waals surface area contributed by atoms with Gasteiger partial charge >= 0.3 is 0 Å². The minimum absolute atomic E-state index is 0.282. The molecule has 1 aromatic carbocycles. The number of hydrogen-bond acceptors (Lipinski definition) is 3. The summed E-state index contributed by atoms with van der Waals surface area (Å²) in [6, 6.07) is 10.4. The number of rotatable bonds is 3. The van der Waals surface area contributed by atoms with Crippen molar-refractivity contribution in [3.05, 3.63) is 59.8 Å². The number of aryl methyl sites for hydroxylation is 1. The number of halogens is 1. The Balaban J connectivity index is 2.20. The number of nitrogens with zero attached hydrogens (tertiary/aromatic N) is 2. The van der Waals surface area contributed by atoms with E-state index in [4.69, 9.17) is 5.73 Å². The van der Waals surface area contributed by atoms with Crippen LogP contribution in [-0.2, 0) is 6.54 Å². The zero-order valence-electron chi connectivity index (χ0n) is 11.6. The summed E-state index contributed by atoms with van der Waals surface area (Å²) in [6.07, 6.45) is 1.70. The molecule has 3 aromatic rings. The summed E-state index contributed by atoms with van der Waals surface area (Å²) in [5.41, 5.74) is 10.2. The van der Waals surface area contributed by atoms with Crippen molar-refractivity contribution >= 4 is 0 Å². The number of benzene rings is 1. The molecule has 0 aliphatic carbocycles. The normalized spacial score (nSPS) is 10.8. The third-order valence-corrected chi connectivity index (χ3v) is 3.40. The molecule has 0 aliphatic rings. The Hall–Kier alpha value is -2.53. The van der Waals surface area contributed by atoms with Crippen molar-refractivity contribution in [2.75, 3.05) is 0 Å². The number of nitrogens with two attached hydrogens (primary N) is 1. The quantitative estimate of drug-likeness (QED) is 0.776. The van der Waals surface area contributed by atoms with Crippen LogP contribution in [0.5, 0.6) is 0 Å². The van der Waals surface area contributed by atoms with Gasteiger partial charge in [-0.3, -0.25) is 10.1 Å². The predicted octanol–water partition coefficient (Wildman–Crippen LogP) is 3.04. The van der Waals surface area contributed by atoms with Gasteiger partial charge in [-0.05, 0) is 36.8 Å². The second-order valence-corrected chi connectivity index (χ2v) is 4.78. The lowest BCUT2D eigenvalue weighted by Crippen LogP contribution is -1.99. The van der Waals surface area contributed by atoms with Crippen molar-refractivity contribution < 1.29 is 4.39 Å². The molecule has 0 atom stereocenters. The predicted molar refractivity (Wildman–Crippen MR) is 79.8 cm³/mol. The van der Waals surface area contributed by atoms with E-state index in [0.29, 0.717) is 17.8 Å². The van der Waals surface area contributed by atoms with Gasteiger partial charge in [0.05, 0.1) is 17.1 Å². The fourth-order valence-corrected chi connectivity index (χ4v) is 2.39. The van der Waals surface area contributed by atoms with Gasteiger partial charge in [0.1, 0.15) is 5.82 Å². The van der Waals surface area contributed by atoms with E-state index >= 15 is 0 Å². The third-order valence-electron chi connectivity index (χ3n) is 3.40. The highest BCUT2D eigenvalue weighted by Crippen LogP contribution is 2.34. The number of aromatic amines is 1. The van der Waals surface area contributed by atoms with Crippen molar-refractivity contribution in [1.82, 2.24) is 15.2 Å². The van der Waals surface area contributed by atoms with Gasteiger partial charge in [0.15, 0.2) is 0 Å². The fourth-order valence-electron chi connectivity index (χ4n) is 2.39. The lowest BCUT2D eigenvalue weighted by molar-refractivity contribution is 0.630. The molecule has 4 nitrogen and oxygen atoms in total. The molecule has 2 aromatic heterocycles. The van der Waals surface area contributed by atoms with Gasteiger partial charge in [0.2, 0.25) is 0 Å². The van der Waals surface area contributed by atoms with Crippen LogP contribution in [0.1, 0.15) is 11.4 Å². The summed E-state index contributed by atoms with van der Waals surface area (Å²) in [4.78, 5) is 4.19. The minimum atomic E-state index is -0.282.